The first-order valence-electron chi connectivity index (χ1n) is 4.36. The van der Waals surface area contributed by atoms with Crippen molar-refractivity contribution in [2.75, 3.05) is 13.6 Å². The number of aromatic nitrogens is 3. The van der Waals surface area contributed by atoms with Gasteiger partial charge in [0.25, 0.3) is 5.91 Å². The summed E-state index contributed by atoms with van der Waals surface area (Å²) in [6, 6.07) is 0. The summed E-state index contributed by atoms with van der Waals surface area (Å²) in [5.74, 6) is -0.105. The zero-order chi connectivity index (χ0) is 10.6. The lowest BCUT2D eigenvalue weighted by Gasteiger charge is -2.16. The number of halogens is 1. The number of amides is 1. The molecule has 0 aromatic carbocycles. The Morgan fingerprint density at radius 1 is 1.79 bits per heavy atom. The molecular weight excluding hydrogens is 248 g/mol. The molecule has 1 unspecified atom stereocenters. The van der Waals surface area contributed by atoms with Gasteiger partial charge in [-0.15, -0.1) is 0 Å². The van der Waals surface area contributed by atoms with Crippen molar-refractivity contribution >= 4 is 21.8 Å². The van der Waals surface area contributed by atoms with Crippen LogP contribution >= 0.6 is 15.9 Å². The first-order valence-corrected chi connectivity index (χ1v) is 5.28. The Morgan fingerprint density at radius 3 is 3.00 bits per heavy atom. The number of rotatable bonds is 4. The van der Waals surface area contributed by atoms with Crippen molar-refractivity contribution in [1.29, 1.82) is 0 Å². The van der Waals surface area contributed by atoms with E-state index in [1.165, 1.54) is 6.20 Å². The van der Waals surface area contributed by atoms with Crippen molar-refractivity contribution in [3.63, 3.8) is 0 Å². The summed E-state index contributed by atoms with van der Waals surface area (Å²) in [7, 11) is 1.76. The number of carbonyl (C=O) groups excluding carboxylic acids is 1. The van der Waals surface area contributed by atoms with Crippen molar-refractivity contribution < 1.29 is 4.79 Å². The summed E-state index contributed by atoms with van der Waals surface area (Å²) < 4.78 is 0. The van der Waals surface area contributed by atoms with E-state index in [1.807, 2.05) is 0 Å². The molecule has 1 amide bonds. The molecule has 0 aliphatic heterocycles. The fourth-order valence-corrected chi connectivity index (χ4v) is 1.18. The number of hydrogen-bond donors (Lipinski definition) is 1. The van der Waals surface area contributed by atoms with Crippen molar-refractivity contribution in [2.24, 2.45) is 0 Å². The van der Waals surface area contributed by atoms with E-state index in [2.05, 4.69) is 38.3 Å². The first kappa shape index (κ1) is 11.2. The molecule has 0 spiro atoms. The number of H-pyrrole nitrogens is 1. The highest BCUT2D eigenvalue weighted by Crippen LogP contribution is 2.05. The van der Waals surface area contributed by atoms with Gasteiger partial charge in [-0.05, 0) is 6.42 Å². The molecule has 1 N–H and O–H groups in total. The summed E-state index contributed by atoms with van der Waals surface area (Å²) in [5.41, 5.74) is 0.356. The third kappa shape index (κ3) is 3.10. The Labute approximate surface area is 91.0 Å². The van der Waals surface area contributed by atoms with Crippen molar-refractivity contribution in [3.05, 3.63) is 11.9 Å². The van der Waals surface area contributed by atoms with Gasteiger partial charge in [0.2, 0.25) is 0 Å². The lowest BCUT2D eigenvalue weighted by Crippen LogP contribution is -2.29. The molecule has 0 fully saturated rings. The van der Waals surface area contributed by atoms with Gasteiger partial charge in [-0.2, -0.15) is 15.4 Å². The molecule has 0 bridgehead atoms. The van der Waals surface area contributed by atoms with E-state index < -0.39 is 0 Å². The van der Waals surface area contributed by atoms with Gasteiger partial charge in [-0.1, -0.05) is 22.9 Å². The Morgan fingerprint density at radius 2 is 2.50 bits per heavy atom. The van der Waals surface area contributed by atoms with E-state index in [9.17, 15) is 4.79 Å². The molecule has 78 valence electrons. The third-order valence-corrected chi connectivity index (χ3v) is 2.30. The van der Waals surface area contributed by atoms with Gasteiger partial charge in [0.1, 0.15) is 0 Å². The fourth-order valence-electron chi connectivity index (χ4n) is 0.973. The molecule has 1 aromatic rings. The molecular formula is C8H13BrN4O. The quantitative estimate of drug-likeness (QED) is 0.824. The normalized spacial score (nSPS) is 12.5. The molecule has 0 saturated heterocycles. The molecule has 0 aliphatic carbocycles. The van der Waals surface area contributed by atoms with E-state index in [0.29, 0.717) is 17.1 Å². The Bertz CT molecular complexity index is 286. The number of nitrogens with one attached hydrogen (secondary N) is 1. The lowest BCUT2D eigenvalue weighted by molar-refractivity contribution is 0.0788. The summed E-state index contributed by atoms with van der Waals surface area (Å²) in [4.78, 5) is 13.7. The zero-order valence-electron chi connectivity index (χ0n) is 8.20. The number of hydrogen-bond acceptors (Lipinski definition) is 3. The van der Waals surface area contributed by atoms with E-state index in [1.54, 1.807) is 11.9 Å². The van der Waals surface area contributed by atoms with Crippen molar-refractivity contribution in [2.45, 2.75) is 18.2 Å². The van der Waals surface area contributed by atoms with Gasteiger partial charge < -0.3 is 4.90 Å². The molecule has 1 rings (SSSR count). The highest BCUT2D eigenvalue weighted by molar-refractivity contribution is 9.09. The van der Waals surface area contributed by atoms with Crippen LogP contribution in [0.5, 0.6) is 0 Å². The van der Waals surface area contributed by atoms with Crippen LogP contribution in [0.1, 0.15) is 23.8 Å². The largest absolute Gasteiger partial charge is 0.340 e. The predicted molar refractivity (Wildman–Crippen MR) is 56.3 cm³/mol. The van der Waals surface area contributed by atoms with Crippen LogP contribution in [0.4, 0.5) is 0 Å². The second-order valence-corrected chi connectivity index (χ2v) is 4.71. The second-order valence-electron chi connectivity index (χ2n) is 3.15. The monoisotopic (exact) mass is 260 g/mol. The highest BCUT2D eigenvalue weighted by atomic mass is 79.9. The average molecular weight is 261 g/mol. The summed E-state index contributed by atoms with van der Waals surface area (Å²) in [6.45, 7) is 2.76. The molecule has 1 aromatic heterocycles. The van der Waals surface area contributed by atoms with Crippen LogP contribution in [0.25, 0.3) is 0 Å². The summed E-state index contributed by atoms with van der Waals surface area (Å²) in [6.07, 6.45) is 2.34. The van der Waals surface area contributed by atoms with Crippen LogP contribution < -0.4 is 0 Å². The standard InChI is InChI=1S/C8H13BrN4O/c1-6(9)3-4-13(2)8(14)7-5-10-12-11-7/h5-6H,3-4H2,1-2H3,(H,10,11,12). The molecule has 0 radical (unpaired) electrons. The van der Waals surface area contributed by atoms with Gasteiger partial charge in [-0.25, -0.2) is 0 Å². The van der Waals surface area contributed by atoms with Crippen LogP contribution in [-0.2, 0) is 0 Å². The van der Waals surface area contributed by atoms with Crippen LogP contribution in [0, 0.1) is 0 Å². The van der Waals surface area contributed by atoms with Gasteiger partial charge in [-0.3, -0.25) is 4.79 Å². The van der Waals surface area contributed by atoms with E-state index in [0.717, 1.165) is 6.42 Å². The maximum atomic E-state index is 11.6. The zero-order valence-corrected chi connectivity index (χ0v) is 9.78. The molecule has 1 atom stereocenters. The lowest BCUT2D eigenvalue weighted by atomic mass is 10.3. The highest BCUT2D eigenvalue weighted by Gasteiger charge is 2.14. The van der Waals surface area contributed by atoms with Crippen LogP contribution in [0.15, 0.2) is 6.20 Å². The van der Waals surface area contributed by atoms with Gasteiger partial charge in [0.15, 0.2) is 5.69 Å². The van der Waals surface area contributed by atoms with E-state index in [-0.39, 0.29) is 5.91 Å². The first-order chi connectivity index (χ1) is 6.61. The second kappa shape index (κ2) is 5.09. The van der Waals surface area contributed by atoms with Crippen molar-refractivity contribution in [3.8, 4) is 0 Å². The van der Waals surface area contributed by atoms with Gasteiger partial charge in [0, 0.05) is 18.4 Å². The molecule has 0 aliphatic rings. The number of nitrogens with zero attached hydrogens (tertiary/aromatic N) is 3. The van der Waals surface area contributed by atoms with Gasteiger partial charge >= 0.3 is 0 Å². The number of carbonyl (C=O) groups is 1. The Hall–Kier alpha value is -0.910. The Balaban J connectivity index is 2.45. The molecule has 0 saturated carbocycles. The maximum absolute atomic E-state index is 11.6. The molecule has 14 heavy (non-hydrogen) atoms. The van der Waals surface area contributed by atoms with E-state index >= 15 is 0 Å². The van der Waals surface area contributed by atoms with Crippen LogP contribution in [0.3, 0.4) is 0 Å². The van der Waals surface area contributed by atoms with E-state index in [4.69, 9.17) is 0 Å². The predicted octanol–water partition coefficient (Wildman–Crippen LogP) is 1.05. The maximum Gasteiger partial charge on any atom is 0.275 e. The Kier molecular flexibility index (Phi) is 4.06. The van der Waals surface area contributed by atoms with Crippen LogP contribution in [-0.4, -0.2) is 44.6 Å². The minimum absolute atomic E-state index is 0.105. The average Bonchev–Trinajstić information content (AvgIpc) is 2.65. The smallest absolute Gasteiger partial charge is 0.275 e. The van der Waals surface area contributed by atoms with Gasteiger partial charge in [0.05, 0.1) is 6.20 Å². The fraction of sp³-hybridized carbons (Fsp3) is 0.625. The molecule has 6 heteroatoms. The minimum atomic E-state index is -0.105. The van der Waals surface area contributed by atoms with Crippen molar-refractivity contribution in [1.82, 2.24) is 20.3 Å². The molecule has 5 nitrogen and oxygen atoms in total. The number of alkyl halides is 1. The summed E-state index contributed by atoms with van der Waals surface area (Å²) in [5, 5.41) is 9.73. The number of aromatic amines is 1. The summed E-state index contributed by atoms with van der Waals surface area (Å²) >= 11 is 3.43. The third-order valence-electron chi connectivity index (χ3n) is 1.84. The van der Waals surface area contributed by atoms with Crippen LogP contribution in [0.2, 0.25) is 0 Å². The topological polar surface area (TPSA) is 61.9 Å². The SMILES string of the molecule is CC(Br)CCN(C)C(=O)c1cn[nH]n1. The minimum Gasteiger partial charge on any atom is -0.340 e. The molecule has 1 heterocycles.